The first-order valence-corrected chi connectivity index (χ1v) is 14.1. The SMILES string of the molecule is CN1N=CC2=CC3(C)C4=C(CCC4n4c(=O)n(C)c5cnc6[nH]c(-c7cnn(Cc8ccncc8)c7)c3c6c54)C21C. The summed E-state index contributed by atoms with van der Waals surface area (Å²) in [5.41, 5.74) is 10.0. The van der Waals surface area contributed by atoms with E-state index in [0.29, 0.717) is 6.54 Å². The lowest BCUT2D eigenvalue weighted by Crippen LogP contribution is -2.46. The molecule has 3 atom stereocenters. The van der Waals surface area contributed by atoms with Gasteiger partial charge in [-0.1, -0.05) is 6.08 Å². The van der Waals surface area contributed by atoms with Crippen molar-refractivity contribution in [2.45, 2.75) is 50.2 Å². The molecular weight excluding hydrogens is 514 g/mol. The molecule has 0 amide bonds. The Morgan fingerprint density at radius 3 is 2.80 bits per heavy atom. The molecule has 0 aromatic carbocycles. The van der Waals surface area contributed by atoms with Gasteiger partial charge >= 0.3 is 5.69 Å². The van der Waals surface area contributed by atoms with Crippen LogP contribution >= 0.6 is 0 Å². The van der Waals surface area contributed by atoms with Crippen LogP contribution in [0.25, 0.3) is 33.3 Å². The lowest BCUT2D eigenvalue weighted by Gasteiger charge is -2.44. The van der Waals surface area contributed by atoms with Gasteiger partial charge in [0.2, 0.25) is 0 Å². The lowest BCUT2D eigenvalue weighted by atomic mass is 9.63. The third-order valence-electron chi connectivity index (χ3n) is 10.2. The molecule has 1 N–H and O–H groups in total. The molecule has 3 unspecified atom stereocenters. The molecule has 5 aromatic rings. The van der Waals surface area contributed by atoms with Gasteiger partial charge in [0.15, 0.2) is 0 Å². The highest BCUT2D eigenvalue weighted by atomic mass is 16.1. The van der Waals surface area contributed by atoms with Gasteiger partial charge in [-0.3, -0.25) is 23.8 Å². The average Bonchev–Trinajstić information content (AvgIpc) is 3.77. The number of rotatable bonds is 3. The summed E-state index contributed by atoms with van der Waals surface area (Å²) < 4.78 is 5.77. The van der Waals surface area contributed by atoms with E-state index in [9.17, 15) is 4.79 Å². The fraction of sp³-hybridized carbons (Fsp3) is 0.323. The van der Waals surface area contributed by atoms with Crippen molar-refractivity contribution in [2.24, 2.45) is 12.1 Å². The van der Waals surface area contributed by atoms with Crippen molar-refractivity contribution in [2.75, 3.05) is 7.05 Å². The van der Waals surface area contributed by atoms with E-state index in [0.717, 1.165) is 57.3 Å². The Hall–Kier alpha value is -4.73. The van der Waals surface area contributed by atoms with E-state index in [4.69, 9.17) is 15.2 Å². The van der Waals surface area contributed by atoms with Crippen LogP contribution in [-0.4, -0.2) is 57.7 Å². The van der Waals surface area contributed by atoms with Crippen LogP contribution in [0.3, 0.4) is 0 Å². The molecule has 10 heteroatoms. The third-order valence-corrected chi connectivity index (χ3v) is 10.2. The molecule has 10 nitrogen and oxygen atoms in total. The fourth-order valence-corrected chi connectivity index (χ4v) is 8.16. The Labute approximate surface area is 235 Å². The zero-order valence-electron chi connectivity index (χ0n) is 23.4. The minimum absolute atomic E-state index is 0.00660. The summed E-state index contributed by atoms with van der Waals surface area (Å²) in [6, 6.07) is 3.98. The zero-order valence-corrected chi connectivity index (χ0v) is 23.4. The molecule has 9 rings (SSSR count). The highest BCUT2D eigenvalue weighted by Gasteiger charge is 2.56. The molecule has 4 aliphatic rings. The van der Waals surface area contributed by atoms with Gasteiger partial charge in [0, 0.05) is 60.2 Å². The minimum Gasteiger partial charge on any atom is -0.339 e. The molecule has 0 spiro atoms. The second-order valence-electron chi connectivity index (χ2n) is 12.2. The standard InChI is InChI=1S/C31H29N9O/c1-30-11-19-13-34-38(4)31(19,2)20-5-6-21(24(20)30)40-27-22(37(3)29(40)41)14-33-28-23(27)25(30)26(36-28)18-12-35-39(16-18)15-17-7-9-32-10-8-17/h7-14,16,21H,5-6,15H2,1-4H3,(H,33,36). The highest BCUT2D eigenvalue weighted by Crippen LogP contribution is 2.61. The molecular formula is C31H29N9O. The van der Waals surface area contributed by atoms with Crippen molar-refractivity contribution < 1.29 is 0 Å². The molecule has 2 aliphatic carbocycles. The fourth-order valence-electron chi connectivity index (χ4n) is 8.16. The maximum Gasteiger partial charge on any atom is 0.329 e. The molecule has 0 radical (unpaired) electrons. The van der Waals surface area contributed by atoms with Crippen molar-refractivity contribution >= 4 is 28.3 Å². The Morgan fingerprint density at radius 2 is 1.98 bits per heavy atom. The molecule has 0 saturated carbocycles. The maximum absolute atomic E-state index is 13.9. The van der Waals surface area contributed by atoms with Crippen LogP contribution in [-0.2, 0) is 19.0 Å². The quantitative estimate of drug-likeness (QED) is 0.346. The number of allylic oxidation sites excluding steroid dienone is 2. The normalized spacial score (nSPS) is 25.9. The van der Waals surface area contributed by atoms with Crippen LogP contribution in [0.2, 0.25) is 0 Å². The van der Waals surface area contributed by atoms with Gasteiger partial charge in [0.25, 0.3) is 0 Å². The molecule has 5 aromatic heterocycles. The summed E-state index contributed by atoms with van der Waals surface area (Å²) in [5.74, 6) is 0. The number of fused-ring (bicyclic) bond motifs is 4. The highest BCUT2D eigenvalue weighted by molar-refractivity contribution is 6.08. The summed E-state index contributed by atoms with van der Waals surface area (Å²) in [7, 11) is 3.91. The summed E-state index contributed by atoms with van der Waals surface area (Å²) in [4.78, 5) is 26.6. The van der Waals surface area contributed by atoms with Gasteiger partial charge in [-0.2, -0.15) is 10.2 Å². The number of imidazole rings is 1. The zero-order chi connectivity index (χ0) is 27.8. The predicted octanol–water partition coefficient (Wildman–Crippen LogP) is 4.06. The van der Waals surface area contributed by atoms with E-state index in [1.54, 1.807) is 17.0 Å². The first kappa shape index (κ1) is 23.0. The number of H-pyrrole nitrogens is 1. The summed E-state index contributed by atoms with van der Waals surface area (Å²) in [6.07, 6.45) is 15.7. The van der Waals surface area contributed by atoms with Crippen LogP contribution in [0, 0.1) is 0 Å². The largest absolute Gasteiger partial charge is 0.339 e. The predicted molar refractivity (Wildman–Crippen MR) is 157 cm³/mol. The Morgan fingerprint density at radius 1 is 1.15 bits per heavy atom. The van der Waals surface area contributed by atoms with E-state index in [1.165, 1.54) is 16.7 Å². The molecule has 41 heavy (non-hydrogen) atoms. The molecule has 0 fully saturated rings. The van der Waals surface area contributed by atoms with E-state index in [1.807, 2.05) is 42.5 Å². The van der Waals surface area contributed by atoms with Crippen LogP contribution in [0.15, 0.2) is 75.8 Å². The number of nitrogens with zero attached hydrogens (tertiary/aromatic N) is 8. The second kappa shape index (κ2) is 7.31. The lowest BCUT2D eigenvalue weighted by molar-refractivity contribution is 0.233. The van der Waals surface area contributed by atoms with E-state index >= 15 is 0 Å². The molecule has 0 bridgehead atoms. The van der Waals surface area contributed by atoms with Crippen LogP contribution in [0.4, 0.5) is 0 Å². The first-order chi connectivity index (χ1) is 19.8. The van der Waals surface area contributed by atoms with Gasteiger partial charge in [-0.05, 0) is 55.5 Å². The molecule has 7 heterocycles. The van der Waals surface area contributed by atoms with Crippen molar-refractivity contribution in [1.82, 2.24) is 38.9 Å². The van der Waals surface area contributed by atoms with Crippen LogP contribution in [0.5, 0.6) is 0 Å². The number of aromatic nitrogens is 7. The topological polar surface area (TPSA) is 102 Å². The summed E-state index contributed by atoms with van der Waals surface area (Å²) in [5, 5.41) is 12.6. The first-order valence-electron chi connectivity index (χ1n) is 14.1. The number of hydrogen-bond acceptors (Lipinski definition) is 6. The Bertz CT molecular complexity index is 2120. The van der Waals surface area contributed by atoms with Crippen molar-refractivity contribution in [3.8, 4) is 11.3 Å². The number of nitrogens with one attached hydrogen (secondary N) is 1. The molecule has 2 aliphatic heterocycles. The molecule has 204 valence electrons. The molecule has 0 saturated heterocycles. The minimum atomic E-state index is -0.469. The Kier molecular flexibility index (Phi) is 4.11. The van der Waals surface area contributed by atoms with E-state index in [2.05, 4.69) is 52.7 Å². The number of likely N-dealkylation sites (N-methyl/N-ethyl adjacent to an activating group) is 1. The number of aryl methyl sites for hydroxylation is 1. The maximum atomic E-state index is 13.9. The van der Waals surface area contributed by atoms with Crippen LogP contribution in [0.1, 0.15) is 43.9 Å². The smallest absolute Gasteiger partial charge is 0.329 e. The number of aromatic amines is 1. The van der Waals surface area contributed by atoms with Gasteiger partial charge in [-0.25, -0.2) is 9.78 Å². The monoisotopic (exact) mass is 543 g/mol. The van der Waals surface area contributed by atoms with E-state index in [-0.39, 0.29) is 17.3 Å². The second-order valence-corrected chi connectivity index (χ2v) is 12.2. The third kappa shape index (κ3) is 2.61. The van der Waals surface area contributed by atoms with Gasteiger partial charge < -0.3 is 4.98 Å². The Balaban J connectivity index is 1.37. The number of hydrazone groups is 1. The average molecular weight is 544 g/mol. The van der Waals surface area contributed by atoms with Gasteiger partial charge in [0.1, 0.15) is 11.2 Å². The number of pyridine rings is 2. The summed E-state index contributed by atoms with van der Waals surface area (Å²) in [6.45, 7) is 5.25. The van der Waals surface area contributed by atoms with Gasteiger partial charge in [0.05, 0.1) is 47.9 Å². The number of hydrogen-bond donors (Lipinski definition) is 1. The van der Waals surface area contributed by atoms with Crippen molar-refractivity contribution in [3.05, 3.63) is 87.5 Å². The van der Waals surface area contributed by atoms with Crippen molar-refractivity contribution in [3.63, 3.8) is 0 Å². The van der Waals surface area contributed by atoms with Crippen molar-refractivity contribution in [1.29, 1.82) is 0 Å². The van der Waals surface area contributed by atoms with Crippen LogP contribution < -0.4 is 5.69 Å². The summed E-state index contributed by atoms with van der Waals surface area (Å²) >= 11 is 0. The van der Waals surface area contributed by atoms with Gasteiger partial charge in [-0.15, -0.1) is 0 Å². The van der Waals surface area contributed by atoms with E-state index < -0.39 is 5.41 Å².